The van der Waals surface area contributed by atoms with Crippen molar-refractivity contribution in [2.75, 3.05) is 11.9 Å². The van der Waals surface area contributed by atoms with E-state index in [1.54, 1.807) is 18.2 Å². The summed E-state index contributed by atoms with van der Waals surface area (Å²) in [6.07, 6.45) is 3.66. The van der Waals surface area contributed by atoms with E-state index in [1.165, 1.54) is 18.2 Å². The second-order valence-electron chi connectivity index (χ2n) is 7.38. The first-order valence-corrected chi connectivity index (χ1v) is 9.27. The Morgan fingerprint density at radius 1 is 1.07 bits per heavy atom. The molecule has 0 amide bonds. The van der Waals surface area contributed by atoms with Gasteiger partial charge in [0.2, 0.25) is 5.72 Å². The second-order valence-corrected chi connectivity index (χ2v) is 8.23. The van der Waals surface area contributed by atoms with Crippen LogP contribution in [0.1, 0.15) is 25.0 Å². The van der Waals surface area contributed by atoms with Gasteiger partial charge in [-0.3, -0.25) is 20.2 Å². The molecule has 2 aromatic rings. The number of likely N-dealkylation sites (N-methyl/N-ethyl adjacent to an activating group) is 1. The van der Waals surface area contributed by atoms with E-state index >= 15 is 0 Å². The molecule has 2 aliphatic heterocycles. The van der Waals surface area contributed by atoms with Crippen LogP contribution in [0.2, 0.25) is 0 Å². The zero-order chi connectivity index (χ0) is 20.4. The summed E-state index contributed by atoms with van der Waals surface area (Å²) in [6.45, 7) is 3.93. The number of ether oxygens (including phenoxy) is 1. The van der Waals surface area contributed by atoms with Crippen LogP contribution in [0.25, 0.3) is 6.08 Å². The molecular formula is C19H16BrN3O5. The monoisotopic (exact) mass is 445 g/mol. The van der Waals surface area contributed by atoms with Crippen molar-refractivity contribution in [3.8, 4) is 5.75 Å². The predicted octanol–water partition coefficient (Wildman–Crippen LogP) is 4.80. The van der Waals surface area contributed by atoms with E-state index < -0.39 is 21.0 Å². The molecule has 2 aliphatic rings. The highest BCUT2D eigenvalue weighted by Gasteiger charge is 2.58. The maximum atomic E-state index is 11.2. The average molecular weight is 446 g/mol. The van der Waals surface area contributed by atoms with Gasteiger partial charge >= 0.3 is 0 Å². The fraction of sp³-hybridized carbons (Fsp3) is 0.263. The number of benzene rings is 2. The van der Waals surface area contributed by atoms with E-state index in [4.69, 9.17) is 4.74 Å². The summed E-state index contributed by atoms with van der Waals surface area (Å²) in [5.41, 5.74) is 0.659. The SMILES string of the molecule is CN1c2ccc([N+](=O)[O-])cc2C(C)(C)[C@@]12C=Cc1cc([N+](=O)[O-])cc(Br)c1O2. The molecule has 0 aliphatic carbocycles. The van der Waals surface area contributed by atoms with Crippen LogP contribution in [0.5, 0.6) is 5.75 Å². The van der Waals surface area contributed by atoms with Crippen LogP contribution in [0.15, 0.2) is 40.9 Å². The van der Waals surface area contributed by atoms with Crippen LogP contribution in [0.4, 0.5) is 17.1 Å². The molecule has 0 radical (unpaired) electrons. The van der Waals surface area contributed by atoms with Gasteiger partial charge in [0, 0.05) is 42.6 Å². The molecule has 0 N–H and O–H groups in total. The molecule has 2 heterocycles. The Labute approximate surface area is 168 Å². The van der Waals surface area contributed by atoms with Crippen molar-refractivity contribution in [1.29, 1.82) is 0 Å². The molecule has 1 atom stereocenters. The van der Waals surface area contributed by atoms with Gasteiger partial charge in [-0.2, -0.15) is 0 Å². The van der Waals surface area contributed by atoms with Crippen LogP contribution in [0.3, 0.4) is 0 Å². The summed E-state index contributed by atoms with van der Waals surface area (Å²) in [7, 11) is 1.87. The number of nitro groups is 2. The molecule has 0 saturated carbocycles. The molecule has 0 fully saturated rings. The van der Waals surface area contributed by atoms with Gasteiger partial charge in [0.1, 0.15) is 5.75 Å². The van der Waals surface area contributed by atoms with Gasteiger partial charge in [0.05, 0.1) is 19.7 Å². The third kappa shape index (κ3) is 2.29. The summed E-state index contributed by atoms with van der Waals surface area (Å²) >= 11 is 3.38. The van der Waals surface area contributed by atoms with Gasteiger partial charge in [0.15, 0.2) is 0 Å². The van der Waals surface area contributed by atoms with Crippen molar-refractivity contribution in [1.82, 2.24) is 0 Å². The summed E-state index contributed by atoms with van der Waals surface area (Å²) in [5.74, 6) is 0.496. The number of nitro benzene ring substituents is 2. The van der Waals surface area contributed by atoms with Crippen molar-refractivity contribution in [2.24, 2.45) is 0 Å². The Morgan fingerprint density at radius 2 is 1.75 bits per heavy atom. The molecule has 144 valence electrons. The largest absolute Gasteiger partial charge is 0.462 e. The molecule has 0 bridgehead atoms. The van der Waals surface area contributed by atoms with Crippen LogP contribution >= 0.6 is 15.9 Å². The highest BCUT2D eigenvalue weighted by atomic mass is 79.9. The number of nitrogens with zero attached hydrogens (tertiary/aromatic N) is 3. The number of rotatable bonds is 2. The van der Waals surface area contributed by atoms with Crippen LogP contribution in [-0.2, 0) is 5.41 Å². The van der Waals surface area contributed by atoms with Crippen molar-refractivity contribution in [2.45, 2.75) is 25.0 Å². The van der Waals surface area contributed by atoms with Crippen molar-refractivity contribution in [3.05, 3.63) is 72.2 Å². The maximum absolute atomic E-state index is 11.2. The standard InChI is InChI=1S/C19H16BrN3O5/c1-18(2)14-9-12(22(24)25)4-5-16(14)21(3)19(18)7-6-11-8-13(23(26)27)10-15(20)17(11)28-19/h4-10H,1-3H3/t19-/m0/s1. The van der Waals surface area contributed by atoms with Crippen molar-refractivity contribution in [3.63, 3.8) is 0 Å². The highest BCUT2D eigenvalue weighted by Crippen LogP contribution is 2.55. The molecule has 4 rings (SSSR count). The van der Waals surface area contributed by atoms with E-state index in [2.05, 4.69) is 15.9 Å². The molecule has 9 heteroatoms. The topological polar surface area (TPSA) is 98.8 Å². The minimum atomic E-state index is -0.934. The van der Waals surface area contributed by atoms with E-state index in [0.29, 0.717) is 15.8 Å². The van der Waals surface area contributed by atoms with E-state index in [-0.39, 0.29) is 11.4 Å². The predicted molar refractivity (Wildman–Crippen MR) is 108 cm³/mol. The van der Waals surface area contributed by atoms with Gasteiger partial charge in [-0.1, -0.05) is 0 Å². The van der Waals surface area contributed by atoms with Crippen molar-refractivity contribution < 1.29 is 14.6 Å². The smallest absolute Gasteiger partial charge is 0.271 e. The van der Waals surface area contributed by atoms with Crippen LogP contribution in [-0.4, -0.2) is 22.6 Å². The molecule has 2 aromatic carbocycles. The molecular weight excluding hydrogens is 430 g/mol. The lowest BCUT2D eigenvalue weighted by Gasteiger charge is -2.45. The maximum Gasteiger partial charge on any atom is 0.271 e. The molecule has 0 unspecified atom stereocenters. The molecule has 0 aromatic heterocycles. The Balaban J connectivity index is 1.87. The Morgan fingerprint density at radius 3 is 2.39 bits per heavy atom. The van der Waals surface area contributed by atoms with Gasteiger partial charge < -0.3 is 9.64 Å². The van der Waals surface area contributed by atoms with E-state index in [0.717, 1.165) is 11.3 Å². The Bertz CT molecular complexity index is 1080. The zero-order valence-corrected chi connectivity index (χ0v) is 16.9. The number of hydrogen-bond donors (Lipinski definition) is 0. The summed E-state index contributed by atoms with van der Waals surface area (Å²) in [5, 5.41) is 22.4. The Kier molecular flexibility index (Phi) is 3.80. The molecule has 28 heavy (non-hydrogen) atoms. The second kappa shape index (κ2) is 5.78. The number of fused-ring (bicyclic) bond motifs is 2. The molecule has 8 nitrogen and oxygen atoms in total. The fourth-order valence-corrected chi connectivity index (χ4v) is 4.61. The summed E-state index contributed by atoms with van der Waals surface area (Å²) in [6, 6.07) is 7.65. The van der Waals surface area contributed by atoms with Gasteiger partial charge in [-0.25, -0.2) is 0 Å². The average Bonchev–Trinajstić information content (AvgIpc) is 2.80. The quantitative estimate of drug-likeness (QED) is 0.486. The summed E-state index contributed by atoms with van der Waals surface area (Å²) in [4.78, 5) is 23.5. The third-order valence-corrected chi connectivity index (χ3v) is 6.22. The first-order chi connectivity index (χ1) is 13.1. The van der Waals surface area contributed by atoms with Gasteiger partial charge in [0.25, 0.3) is 11.4 Å². The fourth-order valence-electron chi connectivity index (χ4n) is 4.07. The third-order valence-electron chi connectivity index (χ3n) is 5.63. The van der Waals surface area contributed by atoms with Crippen molar-refractivity contribution >= 4 is 39.1 Å². The van der Waals surface area contributed by atoms with E-state index in [1.807, 2.05) is 31.9 Å². The first kappa shape index (κ1) is 18.4. The highest BCUT2D eigenvalue weighted by molar-refractivity contribution is 9.10. The zero-order valence-electron chi connectivity index (χ0n) is 15.3. The molecule has 1 spiro atoms. The minimum absolute atomic E-state index is 0.0225. The van der Waals surface area contributed by atoms with Gasteiger partial charge in [-0.05, 0) is 53.6 Å². The number of anilines is 1. The van der Waals surface area contributed by atoms with Crippen LogP contribution in [0, 0.1) is 20.2 Å². The number of non-ortho nitro benzene ring substituents is 2. The lowest BCUT2D eigenvalue weighted by atomic mass is 9.76. The summed E-state index contributed by atoms with van der Waals surface area (Å²) < 4.78 is 6.93. The van der Waals surface area contributed by atoms with Gasteiger partial charge in [-0.15, -0.1) is 0 Å². The van der Waals surface area contributed by atoms with Crippen LogP contribution < -0.4 is 9.64 Å². The Hall–Kier alpha value is -2.94. The lowest BCUT2D eigenvalue weighted by molar-refractivity contribution is -0.385. The normalized spacial score (nSPS) is 21.2. The minimum Gasteiger partial charge on any atom is -0.462 e. The van der Waals surface area contributed by atoms with E-state index in [9.17, 15) is 20.2 Å². The number of halogens is 1. The molecule has 0 saturated heterocycles. The number of hydrogen-bond acceptors (Lipinski definition) is 6. The first-order valence-electron chi connectivity index (χ1n) is 8.47. The lowest BCUT2D eigenvalue weighted by Crippen LogP contribution is -2.58.